The Kier molecular flexibility index (Phi) is 0.771. The van der Waals surface area contributed by atoms with Gasteiger partial charge in [-0.05, 0) is 83.4 Å². The standard InChI is InChI=1S/C17H20/c1-7-5-9-11-12-10-8(3-4-16(10,11)6-7)13-15(2)14(9)17(12,13)15/h8-14H,1,3-6H2,2H3/t8?,9?,10?,11?,12?,13?,14?,15?,16-,17?/m1/s1. The second-order valence-corrected chi connectivity index (χ2v) is 8.98. The van der Waals surface area contributed by atoms with Crippen LogP contribution in [0, 0.1) is 57.7 Å². The van der Waals surface area contributed by atoms with Crippen LogP contribution in [0.2, 0.25) is 0 Å². The summed E-state index contributed by atoms with van der Waals surface area (Å²) in [6, 6.07) is 0. The van der Waals surface area contributed by atoms with Crippen LogP contribution in [0.15, 0.2) is 12.2 Å². The van der Waals surface area contributed by atoms with E-state index in [1.165, 1.54) is 48.3 Å². The van der Waals surface area contributed by atoms with Crippen molar-refractivity contribution in [2.45, 2.75) is 32.6 Å². The summed E-state index contributed by atoms with van der Waals surface area (Å²) in [5.74, 6) is 8.30. The molecule has 7 saturated carbocycles. The fourth-order valence-corrected chi connectivity index (χ4v) is 10.1. The number of rotatable bonds is 0. The molecule has 7 aliphatic carbocycles. The van der Waals surface area contributed by atoms with Crippen LogP contribution in [0.4, 0.5) is 0 Å². The summed E-state index contributed by atoms with van der Waals surface area (Å²) in [6.07, 6.45) is 6.06. The van der Waals surface area contributed by atoms with Crippen LogP contribution in [0.5, 0.6) is 0 Å². The molecule has 7 fully saturated rings. The van der Waals surface area contributed by atoms with E-state index in [0.29, 0.717) is 0 Å². The maximum atomic E-state index is 4.43. The number of fused-ring (bicyclic) bond motifs is 4. The molecule has 0 amide bonds. The first-order valence-electron chi connectivity index (χ1n) is 7.85. The molecule has 0 bridgehead atoms. The zero-order valence-corrected chi connectivity index (χ0v) is 10.6. The minimum absolute atomic E-state index is 0.825. The van der Waals surface area contributed by atoms with Crippen molar-refractivity contribution < 1.29 is 0 Å². The molecule has 0 aromatic carbocycles. The van der Waals surface area contributed by atoms with Crippen molar-refractivity contribution in [3.8, 4) is 0 Å². The third kappa shape index (κ3) is 0.404. The van der Waals surface area contributed by atoms with E-state index in [2.05, 4.69) is 13.5 Å². The Labute approximate surface area is 103 Å². The normalized spacial score (nSPS) is 86.4. The van der Waals surface area contributed by atoms with Crippen LogP contribution in [-0.2, 0) is 0 Å². The van der Waals surface area contributed by atoms with Gasteiger partial charge < -0.3 is 0 Å². The summed E-state index contributed by atoms with van der Waals surface area (Å²) in [7, 11) is 0. The topological polar surface area (TPSA) is 0 Å². The Hall–Kier alpha value is -0.260. The Morgan fingerprint density at radius 2 is 1.88 bits per heavy atom. The molecule has 2 spiro atoms. The van der Waals surface area contributed by atoms with Gasteiger partial charge in [0.25, 0.3) is 0 Å². The van der Waals surface area contributed by atoms with Crippen molar-refractivity contribution in [3.05, 3.63) is 12.2 Å². The summed E-state index contributed by atoms with van der Waals surface area (Å²) < 4.78 is 0. The molecule has 7 rings (SSSR count). The lowest BCUT2D eigenvalue weighted by molar-refractivity contribution is -0.144. The quantitative estimate of drug-likeness (QED) is 0.553. The molecule has 0 nitrogen and oxygen atoms in total. The maximum Gasteiger partial charge on any atom is -0.0130 e. The van der Waals surface area contributed by atoms with Crippen molar-refractivity contribution >= 4 is 0 Å². The predicted molar refractivity (Wildman–Crippen MR) is 65.0 cm³/mol. The molecule has 0 saturated heterocycles. The first-order chi connectivity index (χ1) is 8.19. The van der Waals surface area contributed by atoms with E-state index in [4.69, 9.17) is 0 Å². The Bertz CT molecular complexity index is 546. The van der Waals surface area contributed by atoms with E-state index in [0.717, 1.165) is 22.2 Å². The molecule has 0 N–H and O–H groups in total. The molecule has 0 radical (unpaired) electrons. The van der Waals surface area contributed by atoms with Crippen LogP contribution in [-0.4, -0.2) is 0 Å². The summed E-state index contributed by atoms with van der Waals surface area (Å²) in [5, 5.41) is 0. The smallest absolute Gasteiger partial charge is 0.0130 e. The average Bonchev–Trinajstić information content (AvgIpc) is 2.73. The van der Waals surface area contributed by atoms with Crippen LogP contribution in [0.3, 0.4) is 0 Å². The van der Waals surface area contributed by atoms with E-state index in [9.17, 15) is 0 Å². The van der Waals surface area contributed by atoms with E-state index in [-0.39, 0.29) is 0 Å². The lowest BCUT2D eigenvalue weighted by Gasteiger charge is -2.63. The average molecular weight is 224 g/mol. The lowest BCUT2D eigenvalue weighted by Crippen LogP contribution is -2.58. The van der Waals surface area contributed by atoms with Crippen LogP contribution in [0.25, 0.3) is 0 Å². The van der Waals surface area contributed by atoms with Gasteiger partial charge in [-0.25, -0.2) is 0 Å². The van der Waals surface area contributed by atoms with Crippen LogP contribution in [0.1, 0.15) is 32.6 Å². The van der Waals surface area contributed by atoms with Crippen LogP contribution < -0.4 is 0 Å². The van der Waals surface area contributed by atoms with Gasteiger partial charge in [0.15, 0.2) is 0 Å². The summed E-state index contributed by atoms with van der Waals surface area (Å²) >= 11 is 0. The molecule has 0 aromatic heterocycles. The highest BCUT2D eigenvalue weighted by molar-refractivity contribution is 5.56. The SMILES string of the molecule is C=C1CC2C3C4(C)C5C6CC[C@@]7(C1)C6C(C27)C534. The van der Waals surface area contributed by atoms with Gasteiger partial charge in [0.2, 0.25) is 0 Å². The van der Waals surface area contributed by atoms with Gasteiger partial charge in [-0.2, -0.15) is 0 Å². The Balaban J connectivity index is 1.57. The van der Waals surface area contributed by atoms with Crippen molar-refractivity contribution in [3.63, 3.8) is 0 Å². The Morgan fingerprint density at radius 3 is 2.76 bits per heavy atom. The summed E-state index contributed by atoms with van der Waals surface area (Å²) in [6.45, 7) is 7.10. The monoisotopic (exact) mass is 224 g/mol. The van der Waals surface area contributed by atoms with Gasteiger partial charge in [-0.1, -0.05) is 19.1 Å². The highest BCUT2D eigenvalue weighted by Gasteiger charge is 3.09. The third-order valence-electron chi connectivity index (χ3n) is 9.57. The Morgan fingerprint density at radius 1 is 1.12 bits per heavy atom. The van der Waals surface area contributed by atoms with Gasteiger partial charge in [0, 0.05) is 0 Å². The second kappa shape index (κ2) is 1.63. The maximum absolute atomic E-state index is 4.43. The van der Waals surface area contributed by atoms with Crippen molar-refractivity contribution in [1.82, 2.24) is 0 Å². The molecule has 17 heavy (non-hydrogen) atoms. The molecule has 9 unspecified atom stereocenters. The van der Waals surface area contributed by atoms with Crippen LogP contribution >= 0.6 is 0 Å². The van der Waals surface area contributed by atoms with Crippen molar-refractivity contribution in [1.29, 1.82) is 0 Å². The molecule has 88 valence electrons. The molecule has 10 atom stereocenters. The lowest BCUT2D eigenvalue weighted by atomic mass is 9.41. The minimum Gasteiger partial charge on any atom is -0.0998 e. The molecule has 7 aliphatic rings. The molecule has 0 aromatic rings. The van der Waals surface area contributed by atoms with E-state index >= 15 is 0 Å². The number of hydrogen-bond acceptors (Lipinski definition) is 0. The fourth-order valence-electron chi connectivity index (χ4n) is 10.1. The molecule has 0 heterocycles. The summed E-state index contributed by atoms with van der Waals surface area (Å²) in [5.41, 5.74) is 4.28. The van der Waals surface area contributed by atoms with Crippen molar-refractivity contribution in [2.75, 3.05) is 0 Å². The first-order valence-corrected chi connectivity index (χ1v) is 7.85. The van der Waals surface area contributed by atoms with Gasteiger partial charge in [-0.3, -0.25) is 0 Å². The highest BCUT2D eigenvalue weighted by Crippen LogP contribution is 3.12. The largest absolute Gasteiger partial charge is 0.0998 e. The van der Waals surface area contributed by atoms with E-state index in [1.54, 1.807) is 18.4 Å². The fraction of sp³-hybridized carbons (Fsp3) is 0.882. The minimum atomic E-state index is 0.825. The zero-order valence-electron chi connectivity index (χ0n) is 10.6. The predicted octanol–water partition coefficient (Wildman–Crippen LogP) is 3.49. The number of allylic oxidation sites excluding steroid dienone is 1. The van der Waals surface area contributed by atoms with E-state index < -0.39 is 0 Å². The van der Waals surface area contributed by atoms with Crippen molar-refractivity contribution in [2.24, 2.45) is 57.7 Å². The highest BCUT2D eigenvalue weighted by atomic mass is 15.1. The molecular formula is C17H20. The van der Waals surface area contributed by atoms with Gasteiger partial charge in [0.05, 0.1) is 0 Å². The van der Waals surface area contributed by atoms with Gasteiger partial charge >= 0.3 is 0 Å². The number of hydrogen-bond donors (Lipinski definition) is 0. The van der Waals surface area contributed by atoms with Gasteiger partial charge in [-0.15, -0.1) is 0 Å². The van der Waals surface area contributed by atoms with Gasteiger partial charge in [0.1, 0.15) is 0 Å². The molecule has 0 heteroatoms. The second-order valence-electron chi connectivity index (χ2n) is 8.98. The van der Waals surface area contributed by atoms with E-state index in [1.807, 2.05) is 0 Å². The third-order valence-corrected chi connectivity index (χ3v) is 9.57. The summed E-state index contributed by atoms with van der Waals surface area (Å²) in [4.78, 5) is 0. The molecule has 0 aliphatic heterocycles. The zero-order chi connectivity index (χ0) is 10.9. The first kappa shape index (κ1) is 8.02. The molecular weight excluding hydrogens is 204 g/mol.